The van der Waals surface area contributed by atoms with Gasteiger partial charge in [0.2, 0.25) is 0 Å². The van der Waals surface area contributed by atoms with Gasteiger partial charge in [-0.15, -0.1) is 11.3 Å². The molecule has 0 spiro atoms. The van der Waals surface area contributed by atoms with Gasteiger partial charge in [0.1, 0.15) is 11.9 Å². The Morgan fingerprint density at radius 1 is 0.702 bits per heavy atom. The normalized spacial score (nSPS) is 14.9. The highest BCUT2D eigenvalue weighted by Crippen LogP contribution is 2.47. The summed E-state index contributed by atoms with van der Waals surface area (Å²) in [5.41, 5.74) is 9.40. The van der Waals surface area contributed by atoms with Gasteiger partial charge in [0.25, 0.3) is 0 Å². The Hall–Kier alpha value is -5.32. The van der Waals surface area contributed by atoms with E-state index in [4.69, 9.17) is 4.99 Å². The average Bonchev–Trinajstić information content (AvgIpc) is 3.53. The molecule has 9 rings (SSSR count). The first-order valence-electron chi connectivity index (χ1n) is 16.5. The number of rotatable bonds is 4. The third kappa shape index (κ3) is 5.25. The van der Waals surface area contributed by atoms with Crippen LogP contribution in [-0.4, -0.2) is 10.8 Å². The fraction of sp³-hybridized carbons (Fsp3) is 0.116. The number of amidine groups is 1. The number of hydrogen-bond donors (Lipinski definition) is 1. The van der Waals surface area contributed by atoms with E-state index in [2.05, 4.69) is 132 Å². The molecule has 0 saturated carbocycles. The molecule has 1 aliphatic carbocycles. The largest absolute Gasteiger partial charge is 0.339 e. The van der Waals surface area contributed by atoms with Crippen LogP contribution in [-0.2, 0) is 6.42 Å². The van der Waals surface area contributed by atoms with Crippen LogP contribution in [0.3, 0.4) is 0 Å². The molecule has 3 heterocycles. The molecule has 2 aliphatic rings. The molecule has 1 unspecified atom stereocenters. The number of pyridine rings is 1. The highest BCUT2D eigenvalue weighted by molar-refractivity contribution is 7.13. The van der Waals surface area contributed by atoms with E-state index >= 15 is 0 Å². The summed E-state index contributed by atoms with van der Waals surface area (Å²) in [5.74, 6) is 0.896. The number of benzene rings is 5. The molecule has 0 saturated heterocycles. The monoisotopic (exact) mass is 625 g/mol. The topological polar surface area (TPSA) is 37.3 Å². The molecular weight excluding hydrogens is 591 g/mol. The SMILES string of the molecule is C1=Cc2c(sc3c2NC(c2cc(-c4cccnc4)cc(-c4c5ccccc5cc5ccccc45)c2)=NC3c2ccccc2)CC1.CC. The van der Waals surface area contributed by atoms with Crippen molar-refractivity contribution in [1.29, 1.82) is 0 Å². The maximum atomic E-state index is 5.48. The summed E-state index contributed by atoms with van der Waals surface area (Å²) in [7, 11) is 0. The molecular formula is C43H35N3S. The van der Waals surface area contributed by atoms with E-state index in [9.17, 15) is 0 Å². The van der Waals surface area contributed by atoms with Gasteiger partial charge in [0.05, 0.1) is 10.6 Å². The Balaban J connectivity index is 0.00000159. The highest BCUT2D eigenvalue weighted by Gasteiger charge is 2.30. The first-order chi connectivity index (χ1) is 23.3. The van der Waals surface area contributed by atoms with Crippen LogP contribution in [0.15, 0.2) is 139 Å². The van der Waals surface area contributed by atoms with Gasteiger partial charge in [-0.3, -0.25) is 9.98 Å². The molecule has 1 aliphatic heterocycles. The van der Waals surface area contributed by atoms with E-state index in [0.717, 1.165) is 40.9 Å². The van der Waals surface area contributed by atoms with Crippen molar-refractivity contribution in [3.05, 3.63) is 160 Å². The molecule has 7 aromatic rings. The highest BCUT2D eigenvalue weighted by atomic mass is 32.1. The average molecular weight is 626 g/mol. The van der Waals surface area contributed by atoms with Crippen LogP contribution in [0, 0.1) is 0 Å². The predicted molar refractivity (Wildman–Crippen MR) is 202 cm³/mol. The first-order valence-corrected chi connectivity index (χ1v) is 17.3. The standard InChI is InChI=1S/C41H29N3S.C2H6/c1-2-11-26(12-3-1)38-40-39(35-18-8-9-19-36(35)45-40)44-41(43-38)32-23-30(29-15-10-20-42-25-29)22-31(24-32)37-33-16-6-4-13-27(33)21-28-14-5-7-17-34(28)37;1-2/h1-8,10-18,20-25,38H,9,19H2,(H,43,44);1-2H3. The van der Waals surface area contributed by atoms with E-state index in [1.165, 1.54) is 53.7 Å². The number of nitrogens with one attached hydrogen (secondary N) is 1. The van der Waals surface area contributed by atoms with Crippen LogP contribution in [0.2, 0.25) is 0 Å². The van der Waals surface area contributed by atoms with Gasteiger partial charge in [-0.2, -0.15) is 0 Å². The lowest BCUT2D eigenvalue weighted by atomic mass is 9.89. The second kappa shape index (κ2) is 12.5. The lowest BCUT2D eigenvalue weighted by molar-refractivity contribution is 0.885. The van der Waals surface area contributed by atoms with Crippen molar-refractivity contribution in [2.75, 3.05) is 5.32 Å². The minimum absolute atomic E-state index is 0.0645. The zero-order valence-electron chi connectivity index (χ0n) is 26.6. The molecule has 1 N–H and O–H groups in total. The molecule has 0 fully saturated rings. The van der Waals surface area contributed by atoms with E-state index in [1.54, 1.807) is 0 Å². The third-order valence-electron chi connectivity index (χ3n) is 9.00. The molecule has 3 nitrogen and oxygen atoms in total. The van der Waals surface area contributed by atoms with Gasteiger partial charge in [-0.1, -0.05) is 111 Å². The first kappa shape index (κ1) is 29.1. The molecule has 5 aromatic carbocycles. The van der Waals surface area contributed by atoms with Gasteiger partial charge >= 0.3 is 0 Å². The lowest BCUT2D eigenvalue weighted by Crippen LogP contribution is -2.21. The van der Waals surface area contributed by atoms with Gasteiger partial charge < -0.3 is 5.32 Å². The fourth-order valence-electron chi connectivity index (χ4n) is 6.89. The summed E-state index contributed by atoms with van der Waals surface area (Å²) in [6.07, 6.45) is 10.5. The Labute approximate surface area is 280 Å². The number of aliphatic imine (C=N–C) groups is 1. The summed E-state index contributed by atoms with van der Waals surface area (Å²) in [6, 6.07) is 41.4. The van der Waals surface area contributed by atoms with E-state index in [0.29, 0.717) is 0 Å². The molecule has 2 aromatic heterocycles. The molecule has 1 atom stereocenters. The number of anilines is 1. The minimum Gasteiger partial charge on any atom is -0.339 e. The number of nitrogens with zero attached hydrogens (tertiary/aromatic N) is 2. The van der Waals surface area contributed by atoms with Gasteiger partial charge in [-0.05, 0) is 87.0 Å². The zero-order chi connectivity index (χ0) is 31.7. The van der Waals surface area contributed by atoms with Crippen molar-refractivity contribution in [2.24, 2.45) is 4.99 Å². The van der Waals surface area contributed by atoms with E-state index < -0.39 is 0 Å². The van der Waals surface area contributed by atoms with E-state index in [-0.39, 0.29) is 6.04 Å². The van der Waals surface area contributed by atoms with Crippen molar-refractivity contribution in [3.63, 3.8) is 0 Å². The summed E-state index contributed by atoms with van der Waals surface area (Å²) < 4.78 is 0. The maximum Gasteiger partial charge on any atom is 0.133 e. The number of aromatic nitrogens is 1. The van der Waals surface area contributed by atoms with Gasteiger partial charge in [0.15, 0.2) is 0 Å². The molecule has 0 radical (unpaired) electrons. The number of thiophene rings is 1. The Morgan fingerprint density at radius 2 is 1.40 bits per heavy atom. The third-order valence-corrected chi connectivity index (χ3v) is 10.3. The second-order valence-electron chi connectivity index (χ2n) is 11.8. The molecule has 0 bridgehead atoms. The Bertz CT molecular complexity index is 2240. The van der Waals surface area contributed by atoms with Gasteiger partial charge in [0, 0.05) is 34.0 Å². The molecule has 4 heteroatoms. The quantitative estimate of drug-likeness (QED) is 0.198. The predicted octanol–water partition coefficient (Wildman–Crippen LogP) is 11.7. The van der Waals surface area contributed by atoms with Crippen LogP contribution < -0.4 is 5.32 Å². The van der Waals surface area contributed by atoms with Crippen LogP contribution in [0.5, 0.6) is 0 Å². The van der Waals surface area contributed by atoms with Crippen LogP contribution >= 0.6 is 11.3 Å². The van der Waals surface area contributed by atoms with Crippen LogP contribution in [0.1, 0.15) is 52.8 Å². The zero-order valence-corrected chi connectivity index (χ0v) is 27.4. The van der Waals surface area contributed by atoms with Crippen molar-refractivity contribution >= 4 is 50.5 Å². The summed E-state index contributed by atoms with van der Waals surface area (Å²) in [5, 5.41) is 8.80. The fourth-order valence-corrected chi connectivity index (χ4v) is 8.22. The number of hydrogen-bond acceptors (Lipinski definition) is 4. The number of aryl methyl sites for hydroxylation is 1. The van der Waals surface area contributed by atoms with Crippen molar-refractivity contribution in [3.8, 4) is 22.3 Å². The molecule has 0 amide bonds. The second-order valence-corrected chi connectivity index (χ2v) is 12.9. The molecule has 228 valence electrons. The van der Waals surface area contributed by atoms with E-state index in [1.807, 2.05) is 43.6 Å². The van der Waals surface area contributed by atoms with Crippen molar-refractivity contribution < 1.29 is 0 Å². The number of fused-ring (bicyclic) bond motifs is 5. The smallest absolute Gasteiger partial charge is 0.133 e. The minimum atomic E-state index is -0.0645. The molecule has 47 heavy (non-hydrogen) atoms. The van der Waals surface area contributed by atoms with Crippen LogP contribution in [0.25, 0.3) is 49.9 Å². The lowest BCUT2D eigenvalue weighted by Gasteiger charge is -2.25. The maximum absolute atomic E-state index is 5.48. The number of allylic oxidation sites excluding steroid dienone is 1. The van der Waals surface area contributed by atoms with Crippen molar-refractivity contribution in [1.82, 2.24) is 4.98 Å². The Kier molecular flexibility index (Phi) is 7.72. The summed E-state index contributed by atoms with van der Waals surface area (Å²) in [4.78, 5) is 12.7. The van der Waals surface area contributed by atoms with Gasteiger partial charge in [-0.25, -0.2) is 0 Å². The Morgan fingerprint density at radius 3 is 2.15 bits per heavy atom. The van der Waals surface area contributed by atoms with Crippen LogP contribution in [0.4, 0.5) is 5.69 Å². The summed E-state index contributed by atoms with van der Waals surface area (Å²) >= 11 is 1.91. The summed E-state index contributed by atoms with van der Waals surface area (Å²) in [6.45, 7) is 4.00. The van der Waals surface area contributed by atoms with Crippen molar-refractivity contribution in [2.45, 2.75) is 32.7 Å².